The van der Waals surface area contributed by atoms with Gasteiger partial charge >= 0.3 is 0 Å². The summed E-state index contributed by atoms with van der Waals surface area (Å²) >= 11 is 29.2. The summed E-state index contributed by atoms with van der Waals surface area (Å²) in [6.45, 7) is 0. The van der Waals surface area contributed by atoms with E-state index >= 15 is 0 Å². The Hall–Kier alpha value is -1.44. The average Bonchev–Trinajstić information content (AvgIpc) is 2.61. The standard InChI is InChI=1S/C17H15Cl4N3O2S/c1-26-11-8-6-10(7-9-11)22-16(27)24-15(17(19,20)21)23-14(25)12-4-2-3-5-13(12)18/h2-9,15H,1H3,(H,23,25)(H2,22,24,27)/t15-/m1/s1. The van der Waals surface area contributed by atoms with Gasteiger partial charge in [0.1, 0.15) is 11.9 Å². The molecule has 0 saturated carbocycles. The highest BCUT2D eigenvalue weighted by atomic mass is 35.6. The van der Waals surface area contributed by atoms with E-state index < -0.39 is 15.9 Å². The fourth-order valence-corrected chi connectivity index (χ4v) is 2.81. The van der Waals surface area contributed by atoms with Gasteiger partial charge in [-0.25, -0.2) is 0 Å². The van der Waals surface area contributed by atoms with Crippen LogP contribution in [-0.2, 0) is 0 Å². The third kappa shape index (κ3) is 6.59. The molecule has 0 aromatic heterocycles. The number of hydrogen-bond acceptors (Lipinski definition) is 3. The Morgan fingerprint density at radius 2 is 1.70 bits per heavy atom. The van der Waals surface area contributed by atoms with E-state index in [0.29, 0.717) is 11.4 Å². The van der Waals surface area contributed by atoms with Gasteiger partial charge in [0.15, 0.2) is 5.11 Å². The molecule has 1 amide bonds. The van der Waals surface area contributed by atoms with Crippen LogP contribution < -0.4 is 20.7 Å². The molecule has 0 unspecified atom stereocenters. The molecule has 0 saturated heterocycles. The normalized spacial score (nSPS) is 12.0. The molecule has 0 aliphatic rings. The Balaban J connectivity index is 2.06. The van der Waals surface area contributed by atoms with Gasteiger partial charge in [-0.1, -0.05) is 58.5 Å². The van der Waals surface area contributed by atoms with Crippen molar-refractivity contribution < 1.29 is 9.53 Å². The number of carbonyl (C=O) groups is 1. The van der Waals surface area contributed by atoms with Crippen LogP contribution in [0.1, 0.15) is 10.4 Å². The quantitative estimate of drug-likeness (QED) is 0.337. The maximum absolute atomic E-state index is 12.4. The number of amides is 1. The lowest BCUT2D eigenvalue weighted by Gasteiger charge is -2.28. The zero-order chi connectivity index (χ0) is 20.0. The summed E-state index contributed by atoms with van der Waals surface area (Å²) in [5.41, 5.74) is 0.933. The molecule has 5 nitrogen and oxygen atoms in total. The van der Waals surface area contributed by atoms with Crippen molar-refractivity contribution in [3.05, 3.63) is 59.1 Å². The van der Waals surface area contributed by atoms with Crippen molar-refractivity contribution in [2.75, 3.05) is 12.4 Å². The van der Waals surface area contributed by atoms with Crippen molar-refractivity contribution in [3.63, 3.8) is 0 Å². The smallest absolute Gasteiger partial charge is 0.254 e. The van der Waals surface area contributed by atoms with Gasteiger partial charge in [-0.05, 0) is 48.6 Å². The first kappa shape index (κ1) is 21.9. The van der Waals surface area contributed by atoms with Gasteiger partial charge in [0.05, 0.1) is 17.7 Å². The number of thiocarbonyl (C=S) groups is 1. The number of benzene rings is 2. The molecule has 0 bridgehead atoms. The zero-order valence-electron chi connectivity index (χ0n) is 13.9. The summed E-state index contributed by atoms with van der Waals surface area (Å²) in [6.07, 6.45) is -1.11. The predicted octanol–water partition coefficient (Wildman–Crippen LogP) is 4.76. The molecular weight excluding hydrogens is 452 g/mol. The summed E-state index contributed by atoms with van der Waals surface area (Å²) in [5, 5.41) is 8.70. The summed E-state index contributed by atoms with van der Waals surface area (Å²) in [7, 11) is 1.57. The van der Waals surface area contributed by atoms with Crippen LogP contribution in [0.2, 0.25) is 5.02 Å². The van der Waals surface area contributed by atoms with Crippen LogP contribution in [0, 0.1) is 0 Å². The summed E-state index contributed by atoms with van der Waals surface area (Å²) < 4.78 is 3.22. The third-order valence-corrected chi connectivity index (χ3v) is 4.55. The van der Waals surface area contributed by atoms with Gasteiger partial charge in [-0.3, -0.25) is 4.79 Å². The Labute approximate surface area is 182 Å². The van der Waals surface area contributed by atoms with Crippen LogP contribution in [0.4, 0.5) is 5.69 Å². The van der Waals surface area contributed by atoms with E-state index in [1.807, 2.05) is 0 Å². The molecule has 0 aliphatic carbocycles. The minimum absolute atomic E-state index is 0.149. The molecule has 0 fully saturated rings. The van der Waals surface area contributed by atoms with Crippen molar-refractivity contribution in [3.8, 4) is 5.75 Å². The summed E-state index contributed by atoms with van der Waals surface area (Å²) in [6, 6.07) is 13.6. The van der Waals surface area contributed by atoms with Gasteiger partial charge in [0.2, 0.25) is 3.79 Å². The largest absolute Gasteiger partial charge is 0.497 e. The molecule has 144 valence electrons. The van der Waals surface area contributed by atoms with Crippen LogP contribution >= 0.6 is 58.6 Å². The molecule has 3 N–H and O–H groups in total. The van der Waals surface area contributed by atoms with Crippen molar-refractivity contribution in [1.82, 2.24) is 10.6 Å². The lowest BCUT2D eigenvalue weighted by atomic mass is 10.2. The number of ether oxygens (including phenoxy) is 1. The van der Waals surface area contributed by atoms with Crippen LogP contribution in [-0.4, -0.2) is 28.1 Å². The number of carbonyl (C=O) groups excluding carboxylic acids is 1. The molecule has 1 atom stereocenters. The molecule has 2 rings (SSSR count). The predicted molar refractivity (Wildman–Crippen MR) is 115 cm³/mol. The highest BCUT2D eigenvalue weighted by Crippen LogP contribution is 2.29. The van der Waals surface area contributed by atoms with Crippen LogP contribution in [0.15, 0.2) is 48.5 Å². The molecule has 0 heterocycles. The Kier molecular flexibility index (Phi) is 7.82. The van der Waals surface area contributed by atoms with Crippen molar-refractivity contribution in [1.29, 1.82) is 0 Å². The van der Waals surface area contributed by atoms with Crippen molar-refractivity contribution in [2.24, 2.45) is 0 Å². The Morgan fingerprint density at radius 1 is 1.07 bits per heavy atom. The van der Waals surface area contributed by atoms with Crippen molar-refractivity contribution >= 4 is 75.3 Å². The first-order chi connectivity index (χ1) is 12.7. The zero-order valence-corrected chi connectivity index (χ0v) is 17.8. The van der Waals surface area contributed by atoms with E-state index in [2.05, 4.69) is 16.0 Å². The van der Waals surface area contributed by atoms with Gasteiger partial charge < -0.3 is 20.7 Å². The summed E-state index contributed by atoms with van der Waals surface area (Å²) in [4.78, 5) is 12.4. The lowest BCUT2D eigenvalue weighted by Crippen LogP contribution is -2.56. The van der Waals surface area contributed by atoms with E-state index in [1.165, 1.54) is 0 Å². The van der Waals surface area contributed by atoms with Crippen LogP contribution in [0.25, 0.3) is 0 Å². The topological polar surface area (TPSA) is 62.4 Å². The Morgan fingerprint density at radius 3 is 2.26 bits per heavy atom. The monoisotopic (exact) mass is 465 g/mol. The molecule has 2 aromatic rings. The van der Waals surface area contributed by atoms with Gasteiger partial charge in [-0.15, -0.1) is 0 Å². The maximum Gasteiger partial charge on any atom is 0.254 e. The molecule has 0 radical (unpaired) electrons. The third-order valence-electron chi connectivity index (χ3n) is 3.34. The first-order valence-corrected chi connectivity index (χ1v) is 9.46. The minimum atomic E-state index is -1.87. The average molecular weight is 467 g/mol. The van der Waals surface area contributed by atoms with E-state index in [9.17, 15) is 4.79 Å². The van der Waals surface area contributed by atoms with Gasteiger partial charge in [0, 0.05) is 5.69 Å². The minimum Gasteiger partial charge on any atom is -0.497 e. The molecule has 0 aliphatic heterocycles. The number of alkyl halides is 3. The number of methoxy groups -OCH3 is 1. The van der Waals surface area contributed by atoms with E-state index in [4.69, 9.17) is 63.4 Å². The summed E-state index contributed by atoms with van der Waals surface area (Å²) in [5.74, 6) is 0.183. The highest BCUT2D eigenvalue weighted by molar-refractivity contribution is 7.80. The number of anilines is 1. The van der Waals surface area contributed by atoms with E-state index in [1.54, 1.807) is 55.6 Å². The van der Waals surface area contributed by atoms with Crippen LogP contribution in [0.5, 0.6) is 5.75 Å². The molecule has 2 aromatic carbocycles. The lowest BCUT2D eigenvalue weighted by molar-refractivity contribution is 0.0934. The first-order valence-electron chi connectivity index (χ1n) is 7.54. The van der Waals surface area contributed by atoms with E-state index in [0.717, 1.165) is 0 Å². The number of halogens is 4. The second-order valence-electron chi connectivity index (χ2n) is 5.25. The fraction of sp³-hybridized carbons (Fsp3) is 0.176. The SMILES string of the molecule is COc1ccc(NC(=S)N[C@@H](NC(=O)c2ccccc2Cl)C(Cl)(Cl)Cl)cc1. The molecule has 0 spiro atoms. The fourth-order valence-electron chi connectivity index (χ4n) is 2.03. The van der Waals surface area contributed by atoms with E-state index in [-0.39, 0.29) is 15.7 Å². The highest BCUT2D eigenvalue weighted by Gasteiger charge is 2.35. The second kappa shape index (κ2) is 9.66. The van der Waals surface area contributed by atoms with Crippen molar-refractivity contribution in [2.45, 2.75) is 9.96 Å². The van der Waals surface area contributed by atoms with Crippen LogP contribution in [0.3, 0.4) is 0 Å². The Bertz CT molecular complexity index is 813. The van der Waals surface area contributed by atoms with Gasteiger partial charge in [0.25, 0.3) is 5.91 Å². The maximum atomic E-state index is 12.4. The molecular formula is C17H15Cl4N3O2S. The number of rotatable bonds is 5. The second-order valence-corrected chi connectivity index (χ2v) is 8.44. The molecule has 10 heteroatoms. The number of hydrogen-bond donors (Lipinski definition) is 3. The number of nitrogens with one attached hydrogen (secondary N) is 3. The van der Waals surface area contributed by atoms with Gasteiger partial charge in [-0.2, -0.15) is 0 Å². The molecule has 27 heavy (non-hydrogen) atoms.